The highest BCUT2D eigenvalue weighted by molar-refractivity contribution is 6.22. The number of benzene rings is 1. The summed E-state index contributed by atoms with van der Waals surface area (Å²) in [6.07, 6.45) is 5.71. The van der Waals surface area contributed by atoms with Crippen LogP contribution < -0.4 is 4.90 Å². The Bertz CT molecular complexity index is 712. The number of fused-ring (bicyclic) bond motifs is 1. The molecular weight excluding hydrogens is 316 g/mol. The molecule has 3 aliphatic rings. The van der Waals surface area contributed by atoms with E-state index in [0.29, 0.717) is 11.3 Å². The van der Waals surface area contributed by atoms with Crippen molar-refractivity contribution in [3.63, 3.8) is 0 Å². The Morgan fingerprint density at radius 1 is 0.960 bits per heavy atom. The molecule has 2 atom stereocenters. The first kappa shape index (κ1) is 16.3. The molecule has 3 fully saturated rings. The Labute approximate surface area is 148 Å². The molecule has 0 unspecified atom stereocenters. The van der Waals surface area contributed by atoms with Gasteiger partial charge in [0.1, 0.15) is 0 Å². The minimum Gasteiger partial charge on any atom is -0.339 e. The van der Waals surface area contributed by atoms with Crippen LogP contribution in [0.25, 0.3) is 0 Å². The molecule has 1 aliphatic carbocycles. The van der Waals surface area contributed by atoms with Gasteiger partial charge in [-0.1, -0.05) is 18.9 Å². The third-order valence-corrected chi connectivity index (χ3v) is 5.93. The van der Waals surface area contributed by atoms with E-state index < -0.39 is 0 Å². The molecule has 5 nitrogen and oxygen atoms in total. The number of amides is 3. The van der Waals surface area contributed by atoms with E-state index in [2.05, 4.69) is 0 Å². The van der Waals surface area contributed by atoms with E-state index in [-0.39, 0.29) is 29.6 Å². The molecular formula is C20H24N2O3. The molecule has 0 bridgehead atoms. The topological polar surface area (TPSA) is 57.7 Å². The van der Waals surface area contributed by atoms with Gasteiger partial charge < -0.3 is 4.90 Å². The van der Waals surface area contributed by atoms with Crippen molar-refractivity contribution in [2.24, 2.45) is 11.8 Å². The lowest BCUT2D eigenvalue weighted by atomic mass is 9.81. The summed E-state index contributed by atoms with van der Waals surface area (Å²) in [6, 6.07) is 5.39. The second-order valence-electron chi connectivity index (χ2n) is 7.51. The number of aryl methyl sites for hydroxylation is 1. The first-order valence-electron chi connectivity index (χ1n) is 9.35. The summed E-state index contributed by atoms with van der Waals surface area (Å²) in [6.45, 7) is 3.46. The van der Waals surface area contributed by atoms with Crippen LogP contribution in [0.1, 0.15) is 54.4 Å². The van der Waals surface area contributed by atoms with Crippen LogP contribution >= 0.6 is 0 Å². The predicted molar refractivity (Wildman–Crippen MR) is 94.3 cm³/mol. The number of carbonyl (C=O) groups is 3. The van der Waals surface area contributed by atoms with Crippen molar-refractivity contribution in [3.8, 4) is 0 Å². The predicted octanol–water partition coefficient (Wildman–Crippen LogP) is 2.91. The number of likely N-dealkylation sites (tertiary alicyclic amines) is 1. The molecule has 5 heteroatoms. The van der Waals surface area contributed by atoms with Gasteiger partial charge in [-0.2, -0.15) is 0 Å². The van der Waals surface area contributed by atoms with E-state index in [4.69, 9.17) is 0 Å². The van der Waals surface area contributed by atoms with Gasteiger partial charge in [0.25, 0.3) is 5.91 Å². The Balaban J connectivity index is 1.67. The first-order chi connectivity index (χ1) is 12.1. The number of carbonyl (C=O) groups excluding carboxylic acids is 3. The van der Waals surface area contributed by atoms with Crippen LogP contribution in [-0.4, -0.2) is 35.7 Å². The van der Waals surface area contributed by atoms with Gasteiger partial charge in [0.2, 0.25) is 11.8 Å². The van der Waals surface area contributed by atoms with Gasteiger partial charge in [0.05, 0.1) is 17.5 Å². The van der Waals surface area contributed by atoms with Crippen molar-refractivity contribution in [1.82, 2.24) is 4.90 Å². The number of hydrogen-bond acceptors (Lipinski definition) is 3. The Kier molecular flexibility index (Phi) is 4.10. The lowest BCUT2D eigenvalue weighted by molar-refractivity contribution is -0.122. The van der Waals surface area contributed by atoms with Crippen molar-refractivity contribution in [2.45, 2.75) is 45.4 Å². The lowest BCUT2D eigenvalue weighted by Gasteiger charge is -2.20. The molecule has 25 heavy (non-hydrogen) atoms. The van der Waals surface area contributed by atoms with Crippen molar-refractivity contribution in [2.75, 3.05) is 18.0 Å². The van der Waals surface area contributed by atoms with E-state index in [1.165, 1.54) is 4.90 Å². The molecule has 1 aromatic rings. The van der Waals surface area contributed by atoms with Crippen molar-refractivity contribution in [3.05, 3.63) is 29.3 Å². The second-order valence-corrected chi connectivity index (χ2v) is 7.51. The summed E-state index contributed by atoms with van der Waals surface area (Å²) >= 11 is 0. The molecule has 132 valence electrons. The molecule has 1 saturated carbocycles. The van der Waals surface area contributed by atoms with Crippen LogP contribution in [0.5, 0.6) is 0 Å². The van der Waals surface area contributed by atoms with Gasteiger partial charge in [-0.05, 0) is 50.3 Å². The van der Waals surface area contributed by atoms with Crippen LogP contribution in [0.15, 0.2) is 18.2 Å². The fourth-order valence-electron chi connectivity index (χ4n) is 4.49. The highest BCUT2D eigenvalue weighted by atomic mass is 16.2. The normalized spacial score (nSPS) is 26.3. The SMILES string of the molecule is Cc1ccc(C(=O)N2CCCC2)cc1N1C(=O)[C@H]2CCCC[C@H]2C1=O. The van der Waals surface area contributed by atoms with Crippen LogP contribution in [-0.2, 0) is 9.59 Å². The molecule has 0 N–H and O–H groups in total. The fraction of sp³-hybridized carbons (Fsp3) is 0.550. The van der Waals surface area contributed by atoms with E-state index in [9.17, 15) is 14.4 Å². The molecule has 2 saturated heterocycles. The summed E-state index contributed by atoms with van der Waals surface area (Å²) in [5, 5.41) is 0. The summed E-state index contributed by atoms with van der Waals surface area (Å²) in [5.74, 6) is -0.500. The highest BCUT2D eigenvalue weighted by Gasteiger charge is 2.49. The number of anilines is 1. The zero-order valence-corrected chi connectivity index (χ0v) is 14.7. The summed E-state index contributed by atoms with van der Waals surface area (Å²) < 4.78 is 0. The van der Waals surface area contributed by atoms with Crippen molar-refractivity contribution >= 4 is 23.4 Å². The van der Waals surface area contributed by atoms with E-state index in [0.717, 1.165) is 57.2 Å². The molecule has 3 amide bonds. The largest absolute Gasteiger partial charge is 0.339 e. The Hall–Kier alpha value is -2.17. The minimum atomic E-state index is -0.168. The van der Waals surface area contributed by atoms with Crippen LogP contribution in [0.4, 0.5) is 5.69 Å². The number of rotatable bonds is 2. The van der Waals surface area contributed by atoms with Gasteiger partial charge >= 0.3 is 0 Å². The fourth-order valence-corrected chi connectivity index (χ4v) is 4.49. The quantitative estimate of drug-likeness (QED) is 0.778. The van der Waals surface area contributed by atoms with Gasteiger partial charge in [-0.25, -0.2) is 4.90 Å². The second kappa shape index (κ2) is 6.28. The third kappa shape index (κ3) is 2.66. The number of nitrogens with zero attached hydrogens (tertiary/aromatic N) is 2. The standard InChI is InChI=1S/C20H24N2O3/c1-13-8-9-14(18(23)21-10-4-5-11-21)12-17(13)22-19(24)15-6-2-3-7-16(15)20(22)25/h8-9,12,15-16H,2-7,10-11H2,1H3/t15-,16+. The highest BCUT2D eigenvalue weighted by Crippen LogP contribution is 2.41. The summed E-state index contributed by atoms with van der Waals surface area (Å²) in [5.41, 5.74) is 2.02. The van der Waals surface area contributed by atoms with Crippen LogP contribution in [0.3, 0.4) is 0 Å². The van der Waals surface area contributed by atoms with Gasteiger partial charge in [-0.15, -0.1) is 0 Å². The van der Waals surface area contributed by atoms with Crippen LogP contribution in [0.2, 0.25) is 0 Å². The van der Waals surface area contributed by atoms with E-state index >= 15 is 0 Å². The van der Waals surface area contributed by atoms with E-state index in [1.54, 1.807) is 12.1 Å². The Morgan fingerprint density at radius 2 is 1.56 bits per heavy atom. The average molecular weight is 340 g/mol. The van der Waals surface area contributed by atoms with Crippen molar-refractivity contribution in [1.29, 1.82) is 0 Å². The molecule has 1 aromatic carbocycles. The maximum Gasteiger partial charge on any atom is 0.253 e. The number of imide groups is 1. The van der Waals surface area contributed by atoms with Gasteiger partial charge in [0, 0.05) is 18.7 Å². The maximum absolute atomic E-state index is 12.8. The molecule has 4 rings (SSSR count). The zero-order chi connectivity index (χ0) is 17.6. The molecule has 2 heterocycles. The van der Waals surface area contributed by atoms with Crippen molar-refractivity contribution < 1.29 is 14.4 Å². The molecule has 0 spiro atoms. The Morgan fingerprint density at radius 3 is 2.16 bits per heavy atom. The zero-order valence-electron chi connectivity index (χ0n) is 14.7. The van der Waals surface area contributed by atoms with Gasteiger partial charge in [0.15, 0.2) is 0 Å². The average Bonchev–Trinajstić information content (AvgIpc) is 3.24. The molecule has 0 radical (unpaired) electrons. The number of hydrogen-bond donors (Lipinski definition) is 0. The van der Waals surface area contributed by atoms with Gasteiger partial charge in [-0.3, -0.25) is 14.4 Å². The monoisotopic (exact) mass is 340 g/mol. The van der Waals surface area contributed by atoms with E-state index in [1.807, 2.05) is 17.9 Å². The van der Waals surface area contributed by atoms with Crippen LogP contribution in [0, 0.1) is 18.8 Å². The smallest absolute Gasteiger partial charge is 0.253 e. The summed E-state index contributed by atoms with van der Waals surface area (Å²) in [7, 11) is 0. The maximum atomic E-state index is 12.8. The third-order valence-electron chi connectivity index (χ3n) is 5.93. The minimum absolute atomic E-state index is 0.00439. The molecule has 2 aliphatic heterocycles. The summed E-state index contributed by atoms with van der Waals surface area (Å²) in [4.78, 5) is 41.6. The lowest BCUT2D eigenvalue weighted by Crippen LogP contribution is -2.32. The molecule has 0 aromatic heterocycles. The first-order valence-corrected chi connectivity index (χ1v) is 9.35.